The minimum absolute atomic E-state index is 0.176. The van der Waals surface area contributed by atoms with E-state index in [1.807, 2.05) is 6.07 Å². The number of nitrogens with two attached hydrogens (primary N) is 1. The number of nitrogen functional groups attached to an aromatic ring is 1. The third-order valence-corrected chi connectivity index (χ3v) is 6.13. The van der Waals surface area contributed by atoms with Crippen molar-refractivity contribution in [3.63, 3.8) is 0 Å². The highest BCUT2D eigenvalue weighted by molar-refractivity contribution is 7.21. The molecule has 1 amide bonds. The summed E-state index contributed by atoms with van der Waals surface area (Å²) in [4.78, 5) is 18.2. The Morgan fingerprint density at radius 2 is 2.07 bits per heavy atom. The van der Waals surface area contributed by atoms with Crippen molar-refractivity contribution in [1.82, 2.24) is 4.98 Å². The predicted octanol–water partition coefficient (Wildman–Crippen LogP) is 5.27. The first-order valence-electron chi connectivity index (χ1n) is 8.92. The van der Waals surface area contributed by atoms with Crippen molar-refractivity contribution >= 4 is 38.8 Å². The molecular formula is C20H18F3N3OS. The van der Waals surface area contributed by atoms with Crippen LogP contribution in [0, 0.1) is 5.92 Å². The van der Waals surface area contributed by atoms with E-state index in [1.54, 1.807) is 0 Å². The zero-order valence-electron chi connectivity index (χ0n) is 15.1. The van der Waals surface area contributed by atoms with E-state index in [-0.39, 0.29) is 16.3 Å². The molecule has 2 aromatic heterocycles. The highest BCUT2D eigenvalue weighted by Crippen LogP contribution is 2.38. The number of aromatic nitrogens is 1. The highest BCUT2D eigenvalue weighted by atomic mass is 32.1. The molecule has 4 nitrogen and oxygen atoms in total. The van der Waals surface area contributed by atoms with Gasteiger partial charge in [-0.2, -0.15) is 13.2 Å². The van der Waals surface area contributed by atoms with Crippen LogP contribution in [0.25, 0.3) is 10.2 Å². The number of alkyl halides is 3. The number of benzene rings is 1. The summed E-state index contributed by atoms with van der Waals surface area (Å²) in [7, 11) is 0. The summed E-state index contributed by atoms with van der Waals surface area (Å²) in [5.41, 5.74) is 7.39. The zero-order valence-corrected chi connectivity index (χ0v) is 15.9. The second-order valence-electron chi connectivity index (χ2n) is 7.14. The average Bonchev–Trinajstić information content (AvgIpc) is 2.95. The van der Waals surface area contributed by atoms with E-state index >= 15 is 0 Å². The van der Waals surface area contributed by atoms with E-state index in [1.165, 1.54) is 18.2 Å². The van der Waals surface area contributed by atoms with Gasteiger partial charge >= 0.3 is 6.18 Å². The molecule has 1 atom stereocenters. The van der Waals surface area contributed by atoms with E-state index in [0.29, 0.717) is 16.1 Å². The number of halogens is 3. The Hall–Kier alpha value is -2.61. The Morgan fingerprint density at radius 1 is 1.32 bits per heavy atom. The fraction of sp³-hybridized carbons (Fsp3) is 0.300. The third-order valence-electron chi connectivity index (χ3n) is 5.02. The minimum atomic E-state index is -4.56. The molecule has 0 saturated carbocycles. The summed E-state index contributed by atoms with van der Waals surface area (Å²) >= 11 is 1.11. The number of carbonyl (C=O) groups is 1. The molecule has 0 saturated heterocycles. The van der Waals surface area contributed by atoms with Crippen LogP contribution < -0.4 is 11.1 Å². The average molecular weight is 405 g/mol. The predicted molar refractivity (Wildman–Crippen MR) is 105 cm³/mol. The maximum Gasteiger partial charge on any atom is 0.418 e. The lowest BCUT2D eigenvalue weighted by Gasteiger charge is -2.20. The highest BCUT2D eigenvalue weighted by Gasteiger charge is 2.34. The summed E-state index contributed by atoms with van der Waals surface area (Å²) < 4.78 is 39.5. The molecule has 2 heterocycles. The van der Waals surface area contributed by atoms with Gasteiger partial charge in [0.05, 0.1) is 16.9 Å². The number of hydrogen-bond acceptors (Lipinski definition) is 4. The molecule has 1 unspecified atom stereocenters. The monoisotopic (exact) mass is 405 g/mol. The maximum absolute atomic E-state index is 13.2. The lowest BCUT2D eigenvalue weighted by Crippen LogP contribution is -2.16. The van der Waals surface area contributed by atoms with Crippen molar-refractivity contribution in [2.45, 2.75) is 32.4 Å². The fourth-order valence-electron chi connectivity index (χ4n) is 3.56. The number of pyridine rings is 1. The first-order valence-corrected chi connectivity index (χ1v) is 9.74. The number of amides is 1. The quantitative estimate of drug-likeness (QED) is 0.610. The molecule has 0 fully saturated rings. The molecular weight excluding hydrogens is 387 g/mol. The number of nitrogens with one attached hydrogen (secondary N) is 1. The first-order chi connectivity index (χ1) is 13.2. The van der Waals surface area contributed by atoms with E-state index < -0.39 is 17.6 Å². The molecule has 1 aliphatic rings. The Kier molecular flexibility index (Phi) is 4.53. The standard InChI is InChI=1S/C20H18F3N3OS/c1-10-6-7-14-11(8-10)9-12-16(24)17(28-19(12)26-14)18(27)25-15-5-3-2-4-13(15)20(21,22)23/h2-5,9-10H,6-8,24H2,1H3,(H,25,27). The molecule has 146 valence electrons. The molecule has 3 N–H and O–H groups in total. The Morgan fingerprint density at radius 3 is 2.82 bits per heavy atom. The van der Waals surface area contributed by atoms with Gasteiger partial charge in [-0.05, 0) is 48.9 Å². The second-order valence-corrected chi connectivity index (χ2v) is 8.14. The maximum atomic E-state index is 13.2. The van der Waals surface area contributed by atoms with Crippen LogP contribution in [0.4, 0.5) is 24.5 Å². The van der Waals surface area contributed by atoms with Crippen LogP contribution in [-0.4, -0.2) is 10.9 Å². The van der Waals surface area contributed by atoms with E-state index in [9.17, 15) is 18.0 Å². The van der Waals surface area contributed by atoms with Crippen LogP contribution in [0.1, 0.15) is 39.8 Å². The molecule has 28 heavy (non-hydrogen) atoms. The topological polar surface area (TPSA) is 68.0 Å². The SMILES string of the molecule is CC1CCc2nc3sc(C(=O)Nc4ccccc4C(F)(F)F)c(N)c3cc2C1. The number of aryl methyl sites for hydroxylation is 1. The Labute approximate surface area is 163 Å². The van der Waals surface area contributed by atoms with Crippen LogP contribution in [0.3, 0.4) is 0 Å². The van der Waals surface area contributed by atoms with E-state index in [2.05, 4.69) is 17.2 Å². The lowest BCUT2D eigenvalue weighted by molar-refractivity contribution is -0.136. The Balaban J connectivity index is 1.70. The first kappa shape index (κ1) is 18.7. The molecule has 1 aliphatic carbocycles. The van der Waals surface area contributed by atoms with E-state index in [0.717, 1.165) is 47.9 Å². The normalized spacial score (nSPS) is 16.8. The van der Waals surface area contributed by atoms with Gasteiger partial charge < -0.3 is 11.1 Å². The summed E-state index contributed by atoms with van der Waals surface area (Å²) in [5.74, 6) is -0.100. The molecule has 3 aromatic rings. The third kappa shape index (κ3) is 3.32. The number of thiophene rings is 1. The molecule has 8 heteroatoms. The zero-order chi connectivity index (χ0) is 20.1. The van der Waals surface area contributed by atoms with Crippen molar-refractivity contribution < 1.29 is 18.0 Å². The van der Waals surface area contributed by atoms with Gasteiger partial charge in [-0.1, -0.05) is 19.1 Å². The number of nitrogens with zero attached hydrogens (tertiary/aromatic N) is 1. The molecule has 0 aliphatic heterocycles. The number of anilines is 2. The minimum Gasteiger partial charge on any atom is -0.397 e. The van der Waals surface area contributed by atoms with Crippen LogP contribution in [-0.2, 0) is 19.0 Å². The van der Waals surface area contributed by atoms with Gasteiger partial charge in [-0.15, -0.1) is 11.3 Å². The summed E-state index contributed by atoms with van der Waals surface area (Å²) in [5, 5.41) is 3.04. The van der Waals surface area contributed by atoms with Crippen LogP contribution in [0.2, 0.25) is 0 Å². The fourth-order valence-corrected chi connectivity index (χ4v) is 4.55. The van der Waals surface area contributed by atoms with Gasteiger partial charge in [0.25, 0.3) is 5.91 Å². The van der Waals surface area contributed by atoms with Crippen molar-refractivity contribution in [3.8, 4) is 0 Å². The molecule has 1 aromatic carbocycles. The van der Waals surface area contributed by atoms with Crippen LogP contribution >= 0.6 is 11.3 Å². The van der Waals surface area contributed by atoms with E-state index in [4.69, 9.17) is 5.73 Å². The molecule has 0 radical (unpaired) electrons. The summed E-state index contributed by atoms with van der Waals surface area (Å²) in [6, 6.07) is 6.85. The number of hydrogen-bond donors (Lipinski definition) is 2. The van der Waals surface area contributed by atoms with Gasteiger partial charge in [0.15, 0.2) is 0 Å². The second kappa shape index (κ2) is 6.77. The number of para-hydroxylation sites is 1. The van der Waals surface area contributed by atoms with Crippen molar-refractivity contribution in [2.24, 2.45) is 5.92 Å². The van der Waals surface area contributed by atoms with Crippen molar-refractivity contribution in [2.75, 3.05) is 11.1 Å². The number of fused-ring (bicyclic) bond motifs is 2. The molecule has 4 rings (SSSR count). The molecule has 0 bridgehead atoms. The number of rotatable bonds is 2. The van der Waals surface area contributed by atoms with Crippen LogP contribution in [0.5, 0.6) is 0 Å². The summed E-state index contributed by atoms with van der Waals surface area (Å²) in [6.07, 6.45) is -1.71. The van der Waals surface area contributed by atoms with Crippen molar-refractivity contribution in [1.29, 1.82) is 0 Å². The van der Waals surface area contributed by atoms with Gasteiger partial charge in [-0.25, -0.2) is 4.98 Å². The van der Waals surface area contributed by atoms with Crippen LogP contribution in [0.15, 0.2) is 30.3 Å². The molecule has 0 spiro atoms. The van der Waals surface area contributed by atoms with Crippen molar-refractivity contribution in [3.05, 3.63) is 52.0 Å². The van der Waals surface area contributed by atoms with Gasteiger partial charge in [0, 0.05) is 11.1 Å². The number of carbonyl (C=O) groups excluding carboxylic acids is 1. The smallest absolute Gasteiger partial charge is 0.397 e. The van der Waals surface area contributed by atoms with Gasteiger partial charge in [0.2, 0.25) is 0 Å². The Bertz CT molecular complexity index is 1070. The van der Waals surface area contributed by atoms with Gasteiger partial charge in [-0.3, -0.25) is 4.79 Å². The van der Waals surface area contributed by atoms with Gasteiger partial charge in [0.1, 0.15) is 9.71 Å². The lowest BCUT2D eigenvalue weighted by atomic mass is 9.87. The summed E-state index contributed by atoms with van der Waals surface area (Å²) in [6.45, 7) is 2.18. The largest absolute Gasteiger partial charge is 0.418 e.